The molecule has 0 spiro atoms. The van der Waals surface area contributed by atoms with E-state index in [1.54, 1.807) is 37.5 Å². The van der Waals surface area contributed by atoms with Crippen LogP contribution in [-0.2, 0) is 0 Å². The van der Waals surface area contributed by atoms with Crippen LogP contribution in [0.15, 0.2) is 42.7 Å². The minimum Gasteiger partial charge on any atom is -0.322 e. The fraction of sp³-hybridized carbons (Fsp3) is 0.0769. The standard InChI is InChI=1S/C13H11N3O3/c1-9-11(3-2-4-12(9)16(18)19)13(17)15-10-5-7-14-8-6-10/h2-8H,1H3,(H,14,15,17). The maximum Gasteiger partial charge on any atom is 0.273 e. The summed E-state index contributed by atoms with van der Waals surface area (Å²) in [7, 11) is 0. The molecule has 0 aliphatic carbocycles. The topological polar surface area (TPSA) is 85.1 Å². The van der Waals surface area contributed by atoms with Gasteiger partial charge >= 0.3 is 0 Å². The lowest BCUT2D eigenvalue weighted by molar-refractivity contribution is -0.385. The Bertz CT molecular complexity index is 626. The van der Waals surface area contributed by atoms with Crippen LogP contribution in [-0.4, -0.2) is 15.8 Å². The number of benzene rings is 1. The summed E-state index contributed by atoms with van der Waals surface area (Å²) >= 11 is 0. The first-order chi connectivity index (χ1) is 9.09. The zero-order chi connectivity index (χ0) is 13.8. The zero-order valence-corrected chi connectivity index (χ0v) is 10.2. The van der Waals surface area contributed by atoms with Crippen molar-refractivity contribution >= 4 is 17.3 Å². The van der Waals surface area contributed by atoms with E-state index in [1.165, 1.54) is 12.1 Å². The van der Waals surface area contributed by atoms with Crippen LogP contribution in [0.5, 0.6) is 0 Å². The van der Waals surface area contributed by atoms with Gasteiger partial charge in [0.2, 0.25) is 0 Å². The minimum atomic E-state index is -0.501. The second-order valence-electron chi connectivity index (χ2n) is 3.90. The minimum absolute atomic E-state index is 0.0672. The Morgan fingerprint density at radius 1 is 1.26 bits per heavy atom. The third-order valence-corrected chi connectivity index (χ3v) is 2.68. The Morgan fingerprint density at radius 3 is 2.58 bits per heavy atom. The Kier molecular flexibility index (Phi) is 3.51. The number of pyridine rings is 1. The monoisotopic (exact) mass is 257 g/mol. The molecule has 1 heterocycles. The molecule has 96 valence electrons. The highest BCUT2D eigenvalue weighted by Gasteiger charge is 2.17. The van der Waals surface area contributed by atoms with Crippen LogP contribution in [0.25, 0.3) is 0 Å². The quantitative estimate of drug-likeness (QED) is 0.676. The molecular formula is C13H11N3O3. The highest BCUT2D eigenvalue weighted by Crippen LogP contribution is 2.21. The number of nitro groups is 1. The normalized spacial score (nSPS) is 9.95. The Labute approximate surface area is 109 Å². The van der Waals surface area contributed by atoms with Crippen molar-refractivity contribution < 1.29 is 9.72 Å². The van der Waals surface area contributed by atoms with E-state index < -0.39 is 4.92 Å². The number of nitrogens with one attached hydrogen (secondary N) is 1. The van der Waals surface area contributed by atoms with Gasteiger partial charge in [-0.3, -0.25) is 19.9 Å². The van der Waals surface area contributed by atoms with Gasteiger partial charge in [0.25, 0.3) is 11.6 Å². The van der Waals surface area contributed by atoms with Crippen molar-refractivity contribution in [1.82, 2.24) is 4.98 Å². The molecular weight excluding hydrogens is 246 g/mol. The molecule has 0 saturated heterocycles. The zero-order valence-electron chi connectivity index (χ0n) is 10.2. The molecule has 0 bridgehead atoms. The van der Waals surface area contributed by atoms with Crippen molar-refractivity contribution in [3.63, 3.8) is 0 Å². The number of nitro benzene ring substituents is 1. The van der Waals surface area contributed by atoms with Crippen molar-refractivity contribution in [2.24, 2.45) is 0 Å². The van der Waals surface area contributed by atoms with Crippen LogP contribution in [0.1, 0.15) is 15.9 Å². The number of rotatable bonds is 3. The lowest BCUT2D eigenvalue weighted by Crippen LogP contribution is -2.14. The summed E-state index contributed by atoms with van der Waals surface area (Å²) < 4.78 is 0. The Balaban J connectivity index is 2.30. The number of carbonyl (C=O) groups is 1. The number of amides is 1. The number of anilines is 1. The molecule has 0 aliphatic heterocycles. The maximum absolute atomic E-state index is 12.1. The van der Waals surface area contributed by atoms with E-state index in [0.717, 1.165) is 0 Å². The fourth-order valence-electron chi connectivity index (χ4n) is 1.70. The molecule has 19 heavy (non-hydrogen) atoms. The number of hydrogen-bond acceptors (Lipinski definition) is 4. The van der Waals surface area contributed by atoms with E-state index in [0.29, 0.717) is 11.3 Å². The van der Waals surface area contributed by atoms with Crippen molar-refractivity contribution in [3.05, 3.63) is 64.0 Å². The van der Waals surface area contributed by atoms with Crippen LogP contribution in [0, 0.1) is 17.0 Å². The predicted octanol–water partition coefficient (Wildman–Crippen LogP) is 2.55. The number of aromatic nitrogens is 1. The molecule has 2 rings (SSSR count). The predicted molar refractivity (Wildman–Crippen MR) is 70.0 cm³/mol. The van der Waals surface area contributed by atoms with Crippen LogP contribution >= 0.6 is 0 Å². The third-order valence-electron chi connectivity index (χ3n) is 2.68. The summed E-state index contributed by atoms with van der Waals surface area (Å²) in [4.78, 5) is 26.2. The highest BCUT2D eigenvalue weighted by atomic mass is 16.6. The van der Waals surface area contributed by atoms with Gasteiger partial charge in [0.05, 0.1) is 4.92 Å². The van der Waals surface area contributed by atoms with E-state index in [-0.39, 0.29) is 17.2 Å². The van der Waals surface area contributed by atoms with E-state index in [4.69, 9.17) is 0 Å². The van der Waals surface area contributed by atoms with Crippen LogP contribution in [0.4, 0.5) is 11.4 Å². The summed E-state index contributed by atoms with van der Waals surface area (Å²) in [6, 6.07) is 7.71. The molecule has 1 aromatic carbocycles. The van der Waals surface area contributed by atoms with Crippen molar-refractivity contribution in [3.8, 4) is 0 Å². The summed E-state index contributed by atoms with van der Waals surface area (Å²) in [6.45, 7) is 1.56. The molecule has 1 aromatic heterocycles. The molecule has 0 saturated carbocycles. The Morgan fingerprint density at radius 2 is 1.95 bits per heavy atom. The second-order valence-corrected chi connectivity index (χ2v) is 3.90. The number of nitrogens with zero attached hydrogens (tertiary/aromatic N) is 2. The molecule has 0 radical (unpaired) electrons. The first kappa shape index (κ1) is 12.7. The third kappa shape index (κ3) is 2.74. The van der Waals surface area contributed by atoms with E-state index in [1.807, 2.05) is 0 Å². The average Bonchev–Trinajstić information content (AvgIpc) is 2.39. The van der Waals surface area contributed by atoms with Gasteiger partial charge in [0.1, 0.15) is 0 Å². The van der Waals surface area contributed by atoms with Gasteiger partial charge in [0, 0.05) is 35.3 Å². The van der Waals surface area contributed by atoms with Gasteiger partial charge < -0.3 is 5.32 Å². The average molecular weight is 257 g/mol. The van der Waals surface area contributed by atoms with Crippen molar-refractivity contribution in [2.45, 2.75) is 6.92 Å². The summed E-state index contributed by atoms with van der Waals surface area (Å²) in [5.41, 5.74) is 1.15. The molecule has 0 aliphatic rings. The molecule has 0 unspecified atom stereocenters. The second kappa shape index (κ2) is 5.26. The first-order valence-electron chi connectivity index (χ1n) is 5.55. The molecule has 1 N–H and O–H groups in total. The van der Waals surface area contributed by atoms with Crippen LogP contribution < -0.4 is 5.32 Å². The summed E-state index contributed by atoms with van der Waals surface area (Å²) in [5.74, 6) is -0.382. The van der Waals surface area contributed by atoms with Gasteiger partial charge in [-0.25, -0.2) is 0 Å². The molecule has 1 amide bonds. The lowest BCUT2D eigenvalue weighted by Gasteiger charge is -2.07. The van der Waals surface area contributed by atoms with Gasteiger partial charge in [-0.2, -0.15) is 0 Å². The highest BCUT2D eigenvalue weighted by molar-refractivity contribution is 6.05. The SMILES string of the molecule is Cc1c(C(=O)Nc2ccncc2)cccc1[N+](=O)[O-]. The summed E-state index contributed by atoms with van der Waals surface area (Å²) in [6.07, 6.45) is 3.10. The maximum atomic E-state index is 12.1. The molecule has 0 fully saturated rings. The van der Waals surface area contributed by atoms with Crippen molar-refractivity contribution in [2.75, 3.05) is 5.32 Å². The molecule has 6 nitrogen and oxygen atoms in total. The van der Waals surface area contributed by atoms with Gasteiger partial charge in [-0.15, -0.1) is 0 Å². The fourth-order valence-corrected chi connectivity index (χ4v) is 1.70. The van der Waals surface area contributed by atoms with E-state index in [9.17, 15) is 14.9 Å². The molecule has 0 atom stereocenters. The summed E-state index contributed by atoms with van der Waals surface area (Å²) in [5, 5.41) is 13.5. The first-order valence-corrected chi connectivity index (χ1v) is 5.55. The van der Waals surface area contributed by atoms with Gasteiger partial charge in [-0.1, -0.05) is 6.07 Å². The van der Waals surface area contributed by atoms with E-state index >= 15 is 0 Å². The van der Waals surface area contributed by atoms with Gasteiger partial charge in [-0.05, 0) is 25.1 Å². The molecule has 2 aromatic rings. The van der Waals surface area contributed by atoms with Gasteiger partial charge in [0.15, 0.2) is 0 Å². The van der Waals surface area contributed by atoms with Crippen LogP contribution in [0.3, 0.4) is 0 Å². The van der Waals surface area contributed by atoms with Crippen molar-refractivity contribution in [1.29, 1.82) is 0 Å². The number of hydrogen-bond donors (Lipinski definition) is 1. The lowest BCUT2D eigenvalue weighted by atomic mass is 10.1. The Hall–Kier alpha value is -2.76. The smallest absolute Gasteiger partial charge is 0.273 e. The largest absolute Gasteiger partial charge is 0.322 e. The van der Waals surface area contributed by atoms with E-state index in [2.05, 4.69) is 10.3 Å². The molecule has 6 heteroatoms. The number of carbonyl (C=O) groups excluding carboxylic acids is 1. The van der Waals surface area contributed by atoms with Crippen LogP contribution in [0.2, 0.25) is 0 Å².